The zero-order valence-corrected chi connectivity index (χ0v) is 15.3. The standard InChI is InChI=1S/C17H26N4O5/c1-20(2)8-9-21-16(19-26-17(21)25)15(24)12(10-13(18)22)14(23)11-6-4-3-5-7-11/h11-12H,3-10H2,1-2H3,(H2,18,22)/t12-/m1/s1. The molecule has 1 atom stereocenters. The number of nitrogens with zero attached hydrogens (tertiary/aromatic N) is 3. The second-order valence-electron chi connectivity index (χ2n) is 7.05. The Kier molecular flexibility index (Phi) is 6.84. The van der Waals surface area contributed by atoms with Crippen molar-refractivity contribution in [3.8, 4) is 0 Å². The van der Waals surface area contributed by atoms with Gasteiger partial charge in [0, 0.05) is 25.4 Å². The number of Topliss-reactive ketones (excluding diaryl/α,β-unsaturated/α-hetero) is 2. The van der Waals surface area contributed by atoms with Gasteiger partial charge in [-0.1, -0.05) is 24.4 Å². The molecule has 1 aliphatic rings. The molecule has 0 saturated heterocycles. The second-order valence-corrected chi connectivity index (χ2v) is 7.05. The van der Waals surface area contributed by atoms with Crippen LogP contribution >= 0.6 is 0 Å². The minimum Gasteiger partial charge on any atom is -0.370 e. The summed E-state index contributed by atoms with van der Waals surface area (Å²) in [6.07, 6.45) is 3.92. The molecule has 9 nitrogen and oxygen atoms in total. The van der Waals surface area contributed by atoms with Gasteiger partial charge in [0.05, 0.1) is 5.92 Å². The molecule has 1 aromatic heterocycles. The highest BCUT2D eigenvalue weighted by atomic mass is 16.5. The largest absolute Gasteiger partial charge is 0.441 e. The second kappa shape index (κ2) is 8.88. The first-order valence-electron chi connectivity index (χ1n) is 8.88. The molecule has 0 radical (unpaired) electrons. The first kappa shape index (κ1) is 20.0. The first-order chi connectivity index (χ1) is 12.3. The van der Waals surface area contributed by atoms with Crippen LogP contribution in [0.25, 0.3) is 0 Å². The Hall–Kier alpha value is -2.29. The van der Waals surface area contributed by atoms with Gasteiger partial charge < -0.3 is 10.6 Å². The number of ketones is 2. The summed E-state index contributed by atoms with van der Waals surface area (Å²) in [7, 11) is 3.64. The van der Waals surface area contributed by atoms with Crippen LogP contribution in [0.15, 0.2) is 9.32 Å². The highest BCUT2D eigenvalue weighted by Crippen LogP contribution is 2.28. The van der Waals surface area contributed by atoms with Gasteiger partial charge in [0.2, 0.25) is 17.5 Å². The van der Waals surface area contributed by atoms with Gasteiger partial charge in [-0.15, -0.1) is 0 Å². The van der Waals surface area contributed by atoms with Gasteiger partial charge in [-0.25, -0.2) is 4.79 Å². The molecular weight excluding hydrogens is 340 g/mol. The first-order valence-corrected chi connectivity index (χ1v) is 8.88. The third kappa shape index (κ3) is 4.87. The molecule has 1 aromatic rings. The van der Waals surface area contributed by atoms with Crippen LogP contribution in [-0.4, -0.2) is 52.7 Å². The number of hydrogen-bond donors (Lipinski definition) is 1. The van der Waals surface area contributed by atoms with E-state index < -0.39 is 23.4 Å². The number of hydrogen-bond acceptors (Lipinski definition) is 7. The molecule has 2 rings (SSSR count). The molecule has 1 heterocycles. The summed E-state index contributed by atoms with van der Waals surface area (Å²) < 4.78 is 5.72. The van der Waals surface area contributed by atoms with Crippen LogP contribution in [0, 0.1) is 11.8 Å². The monoisotopic (exact) mass is 366 g/mol. The number of rotatable bonds is 9. The van der Waals surface area contributed by atoms with E-state index in [4.69, 9.17) is 5.73 Å². The van der Waals surface area contributed by atoms with Gasteiger partial charge in [-0.2, -0.15) is 0 Å². The molecule has 0 bridgehead atoms. The molecule has 1 aliphatic carbocycles. The molecule has 1 fully saturated rings. The summed E-state index contributed by atoms with van der Waals surface area (Å²) in [6.45, 7) is 0.676. The van der Waals surface area contributed by atoms with E-state index in [0.29, 0.717) is 19.4 Å². The lowest BCUT2D eigenvalue weighted by atomic mass is 9.79. The number of carbonyl (C=O) groups excluding carboxylic acids is 3. The fraction of sp³-hybridized carbons (Fsp3) is 0.706. The van der Waals surface area contributed by atoms with Crippen molar-refractivity contribution in [3.63, 3.8) is 0 Å². The minimum atomic E-state index is -1.22. The maximum atomic E-state index is 12.9. The molecule has 26 heavy (non-hydrogen) atoms. The predicted molar refractivity (Wildman–Crippen MR) is 92.5 cm³/mol. The molecule has 0 spiro atoms. The van der Waals surface area contributed by atoms with Crippen molar-refractivity contribution < 1.29 is 18.9 Å². The van der Waals surface area contributed by atoms with Crippen molar-refractivity contribution >= 4 is 17.5 Å². The zero-order chi connectivity index (χ0) is 19.3. The molecule has 0 aromatic carbocycles. The van der Waals surface area contributed by atoms with Gasteiger partial charge in [-0.3, -0.25) is 23.5 Å². The van der Waals surface area contributed by atoms with Gasteiger partial charge >= 0.3 is 5.76 Å². The Morgan fingerprint density at radius 3 is 2.50 bits per heavy atom. The van der Waals surface area contributed by atoms with E-state index in [2.05, 4.69) is 9.68 Å². The molecule has 0 unspecified atom stereocenters. The molecular formula is C17H26N4O5. The van der Waals surface area contributed by atoms with Crippen LogP contribution in [0.3, 0.4) is 0 Å². The van der Waals surface area contributed by atoms with E-state index in [1.54, 1.807) is 0 Å². The normalized spacial score (nSPS) is 16.6. The highest BCUT2D eigenvalue weighted by molar-refractivity contribution is 6.11. The summed E-state index contributed by atoms with van der Waals surface area (Å²) in [5, 5.41) is 3.55. The average Bonchev–Trinajstić information content (AvgIpc) is 2.98. The summed E-state index contributed by atoms with van der Waals surface area (Å²) in [5.41, 5.74) is 5.26. The third-order valence-electron chi connectivity index (χ3n) is 4.75. The molecule has 144 valence electrons. The van der Waals surface area contributed by atoms with Crippen molar-refractivity contribution in [2.75, 3.05) is 20.6 Å². The van der Waals surface area contributed by atoms with Gasteiger partial charge in [-0.05, 0) is 26.9 Å². The van der Waals surface area contributed by atoms with E-state index in [0.717, 1.165) is 23.8 Å². The minimum absolute atomic E-state index is 0.192. The molecule has 0 aliphatic heterocycles. The SMILES string of the molecule is CN(C)CCn1c(C(=O)[C@H](CC(N)=O)C(=O)C2CCCCC2)noc1=O. The maximum Gasteiger partial charge on any atom is 0.441 e. The van der Waals surface area contributed by atoms with Crippen molar-refractivity contribution in [2.45, 2.75) is 45.1 Å². The van der Waals surface area contributed by atoms with Gasteiger partial charge in [0.1, 0.15) is 5.78 Å². The number of amides is 1. The van der Waals surface area contributed by atoms with Crippen LogP contribution in [0.4, 0.5) is 0 Å². The van der Waals surface area contributed by atoms with Crippen molar-refractivity contribution in [1.82, 2.24) is 14.6 Å². The van der Waals surface area contributed by atoms with Crippen molar-refractivity contribution in [2.24, 2.45) is 17.6 Å². The van der Waals surface area contributed by atoms with Gasteiger partial charge in [0.15, 0.2) is 0 Å². The van der Waals surface area contributed by atoms with Crippen molar-refractivity contribution in [1.29, 1.82) is 0 Å². The molecule has 1 amide bonds. The molecule has 2 N–H and O–H groups in total. The average molecular weight is 366 g/mol. The van der Waals surface area contributed by atoms with Gasteiger partial charge in [0.25, 0.3) is 0 Å². The Balaban J connectivity index is 2.27. The highest BCUT2D eigenvalue weighted by Gasteiger charge is 2.37. The fourth-order valence-electron chi connectivity index (χ4n) is 3.29. The predicted octanol–water partition coefficient (Wildman–Crippen LogP) is 0.222. The lowest BCUT2D eigenvalue weighted by molar-refractivity contribution is -0.129. The van der Waals surface area contributed by atoms with Crippen LogP contribution < -0.4 is 11.5 Å². The number of carbonyl (C=O) groups is 3. The lowest BCUT2D eigenvalue weighted by Gasteiger charge is -2.24. The van der Waals surface area contributed by atoms with Crippen LogP contribution in [0.1, 0.15) is 49.1 Å². The Bertz CT molecular complexity index is 715. The van der Waals surface area contributed by atoms with Crippen molar-refractivity contribution in [3.05, 3.63) is 16.4 Å². The smallest absolute Gasteiger partial charge is 0.370 e. The molecule has 9 heteroatoms. The summed E-state index contributed by atoms with van der Waals surface area (Å²) in [5.74, 6) is -4.17. The molecule has 1 saturated carbocycles. The lowest BCUT2D eigenvalue weighted by Crippen LogP contribution is -2.36. The van der Waals surface area contributed by atoms with E-state index in [1.807, 2.05) is 19.0 Å². The fourth-order valence-corrected chi connectivity index (χ4v) is 3.29. The van der Waals surface area contributed by atoms with Crippen LogP contribution in [0.2, 0.25) is 0 Å². The Labute approximate surface area is 151 Å². The number of primary amides is 1. The number of nitrogens with two attached hydrogens (primary N) is 1. The quantitative estimate of drug-likeness (QED) is 0.489. The Morgan fingerprint density at radius 2 is 1.92 bits per heavy atom. The van der Waals surface area contributed by atoms with Crippen LogP contribution in [0.5, 0.6) is 0 Å². The zero-order valence-electron chi connectivity index (χ0n) is 15.3. The maximum absolute atomic E-state index is 12.9. The van der Waals surface area contributed by atoms with E-state index in [1.165, 1.54) is 0 Å². The van der Waals surface area contributed by atoms with E-state index in [9.17, 15) is 19.2 Å². The summed E-state index contributed by atoms with van der Waals surface area (Å²) >= 11 is 0. The van der Waals surface area contributed by atoms with E-state index >= 15 is 0 Å². The Morgan fingerprint density at radius 1 is 1.27 bits per heavy atom. The number of likely N-dealkylation sites (N-methyl/N-ethyl adjacent to an activating group) is 1. The summed E-state index contributed by atoms with van der Waals surface area (Å²) in [6, 6.07) is 0. The van der Waals surface area contributed by atoms with E-state index in [-0.39, 0.29) is 30.5 Å². The third-order valence-corrected chi connectivity index (χ3v) is 4.75. The number of aromatic nitrogens is 2. The topological polar surface area (TPSA) is 128 Å². The summed E-state index contributed by atoms with van der Waals surface area (Å²) in [4.78, 5) is 50.9. The van der Waals surface area contributed by atoms with Crippen LogP contribution in [-0.2, 0) is 16.1 Å².